The predicted octanol–water partition coefficient (Wildman–Crippen LogP) is 4.62. The minimum absolute atomic E-state index is 0.114. The molecular weight excluding hydrogens is 344 g/mol. The maximum atomic E-state index is 12.5. The van der Waals surface area contributed by atoms with Crippen LogP contribution in [0.25, 0.3) is 0 Å². The fourth-order valence-corrected chi connectivity index (χ4v) is 3.71. The lowest BCUT2D eigenvalue weighted by atomic mass is 9.96. The largest absolute Gasteiger partial charge is 0.340 e. The van der Waals surface area contributed by atoms with Gasteiger partial charge in [0.2, 0.25) is 5.91 Å². The van der Waals surface area contributed by atoms with E-state index in [1.54, 1.807) is 0 Å². The summed E-state index contributed by atoms with van der Waals surface area (Å²) in [6, 6.07) is 18.9. The number of amides is 1. The molecular formula is C22H27ClN2O. The molecule has 1 heterocycles. The molecule has 3 rings (SSSR count). The first kappa shape index (κ1) is 18.9. The average Bonchev–Trinajstić information content (AvgIpc) is 2.70. The zero-order chi connectivity index (χ0) is 18.5. The Hall–Kier alpha value is -1.84. The van der Waals surface area contributed by atoms with Crippen molar-refractivity contribution in [3.63, 3.8) is 0 Å². The highest BCUT2D eigenvalue weighted by Gasteiger charge is 2.29. The Balaban J connectivity index is 1.79. The first-order valence-corrected chi connectivity index (χ1v) is 9.81. The molecule has 0 aromatic heterocycles. The second-order valence-corrected chi connectivity index (χ2v) is 7.47. The van der Waals surface area contributed by atoms with E-state index >= 15 is 0 Å². The molecule has 0 saturated carbocycles. The zero-order valence-electron chi connectivity index (χ0n) is 15.6. The van der Waals surface area contributed by atoms with Crippen LogP contribution in [0.4, 0.5) is 0 Å². The van der Waals surface area contributed by atoms with Crippen molar-refractivity contribution < 1.29 is 4.79 Å². The summed E-state index contributed by atoms with van der Waals surface area (Å²) >= 11 is 6.09. The van der Waals surface area contributed by atoms with Crippen LogP contribution < -0.4 is 0 Å². The van der Waals surface area contributed by atoms with Gasteiger partial charge in [-0.3, -0.25) is 9.69 Å². The van der Waals surface area contributed by atoms with Crippen molar-refractivity contribution in [3.05, 3.63) is 70.7 Å². The minimum Gasteiger partial charge on any atom is -0.340 e. The summed E-state index contributed by atoms with van der Waals surface area (Å²) in [6.07, 6.45) is 0.899. The molecule has 0 spiro atoms. The van der Waals surface area contributed by atoms with E-state index in [1.807, 2.05) is 30.0 Å². The smallest absolute Gasteiger partial charge is 0.225 e. The molecule has 0 aliphatic carbocycles. The Morgan fingerprint density at radius 1 is 0.962 bits per heavy atom. The van der Waals surface area contributed by atoms with Gasteiger partial charge in [0.15, 0.2) is 0 Å². The van der Waals surface area contributed by atoms with E-state index in [0.29, 0.717) is 0 Å². The number of hydrogen-bond acceptors (Lipinski definition) is 2. The van der Waals surface area contributed by atoms with E-state index in [-0.39, 0.29) is 17.9 Å². The van der Waals surface area contributed by atoms with Crippen LogP contribution in [0.1, 0.15) is 37.4 Å². The third-order valence-corrected chi connectivity index (χ3v) is 5.58. The van der Waals surface area contributed by atoms with Crippen LogP contribution in [0.5, 0.6) is 0 Å². The molecule has 1 amide bonds. The standard InChI is InChI=1S/C22H27ClN2O/c1-3-17(2)22(26)25-15-13-24(14-16-25)21(18-7-5-4-6-8-18)19-9-11-20(23)12-10-19/h4-12,17,21H,3,13-16H2,1-2H3/t17-,21+/m0/s1. The highest BCUT2D eigenvalue weighted by atomic mass is 35.5. The van der Waals surface area contributed by atoms with Gasteiger partial charge < -0.3 is 4.90 Å². The topological polar surface area (TPSA) is 23.6 Å². The molecule has 1 saturated heterocycles. The van der Waals surface area contributed by atoms with Gasteiger partial charge in [0.1, 0.15) is 0 Å². The van der Waals surface area contributed by atoms with Gasteiger partial charge in [-0.05, 0) is 29.7 Å². The lowest BCUT2D eigenvalue weighted by Gasteiger charge is -2.40. The van der Waals surface area contributed by atoms with Gasteiger partial charge in [0, 0.05) is 37.1 Å². The minimum atomic E-state index is 0.114. The van der Waals surface area contributed by atoms with Gasteiger partial charge in [-0.1, -0.05) is 67.9 Å². The molecule has 0 radical (unpaired) electrons. The highest BCUT2D eigenvalue weighted by Crippen LogP contribution is 2.30. The summed E-state index contributed by atoms with van der Waals surface area (Å²) in [7, 11) is 0. The lowest BCUT2D eigenvalue weighted by molar-refractivity contribution is -0.137. The Bertz CT molecular complexity index is 709. The number of carbonyl (C=O) groups excluding carboxylic acids is 1. The monoisotopic (exact) mass is 370 g/mol. The summed E-state index contributed by atoms with van der Waals surface area (Å²) in [4.78, 5) is 17.0. The van der Waals surface area contributed by atoms with Crippen molar-refractivity contribution in [2.24, 2.45) is 5.92 Å². The van der Waals surface area contributed by atoms with Crippen LogP contribution in [0.2, 0.25) is 5.02 Å². The summed E-state index contributed by atoms with van der Waals surface area (Å²) in [6.45, 7) is 7.44. The predicted molar refractivity (Wildman–Crippen MR) is 107 cm³/mol. The zero-order valence-corrected chi connectivity index (χ0v) is 16.3. The van der Waals surface area contributed by atoms with Crippen molar-refractivity contribution >= 4 is 17.5 Å². The molecule has 1 aliphatic heterocycles. The van der Waals surface area contributed by atoms with Crippen molar-refractivity contribution in [1.82, 2.24) is 9.80 Å². The molecule has 26 heavy (non-hydrogen) atoms. The molecule has 0 N–H and O–H groups in total. The first-order chi connectivity index (χ1) is 12.6. The number of hydrogen-bond donors (Lipinski definition) is 0. The molecule has 2 aromatic rings. The van der Waals surface area contributed by atoms with Gasteiger partial charge in [-0.25, -0.2) is 0 Å². The second-order valence-electron chi connectivity index (χ2n) is 7.04. The number of nitrogens with zero attached hydrogens (tertiary/aromatic N) is 2. The van der Waals surface area contributed by atoms with Gasteiger partial charge in [-0.2, -0.15) is 0 Å². The van der Waals surface area contributed by atoms with E-state index in [0.717, 1.165) is 37.6 Å². The van der Waals surface area contributed by atoms with Gasteiger partial charge in [0.25, 0.3) is 0 Å². The summed E-state index contributed by atoms with van der Waals surface area (Å²) in [5, 5.41) is 0.754. The lowest BCUT2D eigenvalue weighted by Crippen LogP contribution is -2.51. The Morgan fingerprint density at radius 2 is 1.54 bits per heavy atom. The number of carbonyl (C=O) groups is 1. The Kier molecular flexibility index (Phi) is 6.33. The molecule has 4 heteroatoms. The maximum Gasteiger partial charge on any atom is 0.225 e. The number of rotatable bonds is 5. The molecule has 2 atom stereocenters. The molecule has 1 fully saturated rings. The molecule has 0 bridgehead atoms. The van der Waals surface area contributed by atoms with Crippen molar-refractivity contribution in [3.8, 4) is 0 Å². The molecule has 3 nitrogen and oxygen atoms in total. The van der Waals surface area contributed by atoms with Crippen LogP contribution >= 0.6 is 11.6 Å². The van der Waals surface area contributed by atoms with Crippen molar-refractivity contribution in [2.75, 3.05) is 26.2 Å². The van der Waals surface area contributed by atoms with Crippen LogP contribution in [-0.2, 0) is 4.79 Å². The molecule has 138 valence electrons. The van der Waals surface area contributed by atoms with Crippen molar-refractivity contribution in [2.45, 2.75) is 26.3 Å². The van der Waals surface area contributed by atoms with Crippen molar-refractivity contribution in [1.29, 1.82) is 0 Å². The molecule has 1 aliphatic rings. The maximum absolute atomic E-state index is 12.5. The Labute approximate surface area is 161 Å². The number of benzene rings is 2. The first-order valence-electron chi connectivity index (χ1n) is 9.43. The van der Waals surface area contributed by atoms with Crippen LogP contribution in [0.15, 0.2) is 54.6 Å². The van der Waals surface area contributed by atoms with E-state index in [4.69, 9.17) is 11.6 Å². The summed E-state index contributed by atoms with van der Waals surface area (Å²) in [5.41, 5.74) is 2.51. The SMILES string of the molecule is CC[C@H](C)C(=O)N1CCN([C@H](c2ccccc2)c2ccc(Cl)cc2)CC1. The normalized spacial score (nSPS) is 17.7. The quantitative estimate of drug-likeness (QED) is 0.766. The second kappa shape index (κ2) is 8.70. The fraction of sp³-hybridized carbons (Fsp3) is 0.409. The fourth-order valence-electron chi connectivity index (χ4n) is 3.58. The van der Waals surface area contributed by atoms with Crippen LogP contribution in [0, 0.1) is 5.92 Å². The van der Waals surface area contributed by atoms with Crippen LogP contribution in [0.3, 0.4) is 0 Å². The summed E-state index contributed by atoms with van der Waals surface area (Å²) < 4.78 is 0. The summed E-state index contributed by atoms with van der Waals surface area (Å²) in [5.74, 6) is 0.401. The van der Waals surface area contributed by atoms with E-state index in [9.17, 15) is 4.79 Å². The average molecular weight is 371 g/mol. The van der Waals surface area contributed by atoms with Crippen LogP contribution in [-0.4, -0.2) is 41.9 Å². The van der Waals surface area contributed by atoms with Gasteiger partial charge in [-0.15, -0.1) is 0 Å². The van der Waals surface area contributed by atoms with Gasteiger partial charge in [0.05, 0.1) is 6.04 Å². The van der Waals surface area contributed by atoms with E-state index in [1.165, 1.54) is 11.1 Å². The van der Waals surface area contributed by atoms with E-state index in [2.05, 4.69) is 48.2 Å². The molecule has 2 aromatic carbocycles. The van der Waals surface area contributed by atoms with Gasteiger partial charge >= 0.3 is 0 Å². The number of halogens is 1. The highest BCUT2D eigenvalue weighted by molar-refractivity contribution is 6.30. The third kappa shape index (κ3) is 4.28. The number of piperazine rings is 1. The Morgan fingerprint density at radius 3 is 2.12 bits per heavy atom. The third-order valence-electron chi connectivity index (χ3n) is 5.33. The van der Waals surface area contributed by atoms with E-state index < -0.39 is 0 Å². The molecule has 0 unspecified atom stereocenters.